The van der Waals surface area contributed by atoms with Gasteiger partial charge in [-0.3, -0.25) is 4.79 Å². The van der Waals surface area contributed by atoms with E-state index in [9.17, 15) is 4.79 Å². The Bertz CT molecular complexity index is 1270. The summed E-state index contributed by atoms with van der Waals surface area (Å²) in [4.78, 5) is 17.2. The first-order chi connectivity index (χ1) is 17.1. The highest BCUT2D eigenvalue weighted by Gasteiger charge is 2.11. The molecule has 1 heterocycles. The molecule has 1 aromatic heterocycles. The predicted octanol–water partition coefficient (Wildman–Crippen LogP) is 6.15. The van der Waals surface area contributed by atoms with Gasteiger partial charge in [0.05, 0.1) is 29.1 Å². The molecule has 0 bridgehead atoms. The molecule has 3 aromatic carbocycles. The van der Waals surface area contributed by atoms with Crippen LogP contribution in [0.15, 0.2) is 72.8 Å². The number of hydrogen-bond acceptors (Lipinski definition) is 3. The predicted molar refractivity (Wildman–Crippen MR) is 142 cm³/mol. The first-order valence-electron chi connectivity index (χ1n) is 12.2. The van der Waals surface area contributed by atoms with Crippen LogP contribution in [-0.4, -0.2) is 28.6 Å². The Morgan fingerprint density at radius 2 is 1.74 bits per heavy atom. The van der Waals surface area contributed by atoms with Crippen LogP contribution in [0.25, 0.3) is 11.0 Å². The molecule has 0 unspecified atom stereocenters. The van der Waals surface area contributed by atoms with E-state index >= 15 is 0 Å². The average molecular weight is 490 g/mol. The highest BCUT2D eigenvalue weighted by atomic mass is 35.5. The Balaban J connectivity index is 1.27. The van der Waals surface area contributed by atoms with Crippen molar-refractivity contribution in [1.29, 1.82) is 0 Å². The van der Waals surface area contributed by atoms with Gasteiger partial charge in [-0.05, 0) is 61.6 Å². The van der Waals surface area contributed by atoms with Crippen molar-refractivity contribution in [3.05, 3.63) is 94.8 Å². The lowest BCUT2D eigenvalue weighted by Gasteiger charge is -2.11. The van der Waals surface area contributed by atoms with Crippen LogP contribution in [0.1, 0.15) is 36.2 Å². The first kappa shape index (κ1) is 24.8. The van der Waals surface area contributed by atoms with E-state index in [0.717, 1.165) is 66.0 Å². The zero-order valence-electron chi connectivity index (χ0n) is 20.2. The summed E-state index contributed by atoms with van der Waals surface area (Å²) in [6, 6.07) is 23.8. The number of imidazole rings is 1. The Morgan fingerprint density at radius 1 is 0.971 bits per heavy atom. The third kappa shape index (κ3) is 6.86. The fourth-order valence-electron chi connectivity index (χ4n) is 4.20. The standard InChI is InChI=1S/C29H32ClN3O2/c1-22-11-2-3-12-23(22)21-29(34)31-18-10-17-28-32-25-14-5-6-15-26(25)33(28)19-8-9-20-35-27-16-7-4-13-24(27)30/h2-7,11-16H,8-10,17-21H2,1H3,(H,31,34). The number of benzene rings is 3. The Labute approximate surface area is 212 Å². The molecule has 0 atom stereocenters. The Kier molecular flexibility index (Phi) is 8.79. The van der Waals surface area contributed by atoms with E-state index in [4.69, 9.17) is 21.3 Å². The Morgan fingerprint density at radius 3 is 2.60 bits per heavy atom. The lowest BCUT2D eigenvalue weighted by atomic mass is 10.1. The summed E-state index contributed by atoms with van der Waals surface area (Å²) in [5.41, 5.74) is 4.38. The fraction of sp³-hybridized carbons (Fsp3) is 0.310. The van der Waals surface area contributed by atoms with Crippen LogP contribution in [0.3, 0.4) is 0 Å². The number of hydrogen-bond donors (Lipinski definition) is 1. The number of carbonyl (C=O) groups excluding carboxylic acids is 1. The molecule has 35 heavy (non-hydrogen) atoms. The third-order valence-corrected chi connectivity index (χ3v) is 6.43. The molecule has 1 N–H and O–H groups in total. The van der Waals surface area contributed by atoms with Gasteiger partial charge in [0.1, 0.15) is 11.6 Å². The fourth-order valence-corrected chi connectivity index (χ4v) is 4.39. The van der Waals surface area contributed by atoms with Gasteiger partial charge in [-0.2, -0.15) is 0 Å². The van der Waals surface area contributed by atoms with E-state index in [1.807, 2.05) is 61.5 Å². The number of halogens is 1. The number of ether oxygens (including phenoxy) is 1. The number of fused-ring (bicyclic) bond motifs is 1. The smallest absolute Gasteiger partial charge is 0.224 e. The molecule has 0 saturated heterocycles. The number of para-hydroxylation sites is 3. The van der Waals surface area contributed by atoms with Crippen LogP contribution in [0.5, 0.6) is 5.75 Å². The van der Waals surface area contributed by atoms with Gasteiger partial charge in [-0.1, -0.05) is 60.1 Å². The van der Waals surface area contributed by atoms with Gasteiger partial charge in [0.2, 0.25) is 5.91 Å². The third-order valence-electron chi connectivity index (χ3n) is 6.12. The molecule has 182 valence electrons. The molecule has 0 spiro atoms. The van der Waals surface area contributed by atoms with Crippen LogP contribution in [0.4, 0.5) is 0 Å². The summed E-state index contributed by atoms with van der Waals surface area (Å²) in [5.74, 6) is 1.85. The second kappa shape index (κ2) is 12.4. The molecule has 0 aliphatic heterocycles. The molecule has 5 nitrogen and oxygen atoms in total. The number of amides is 1. The van der Waals surface area contributed by atoms with Gasteiger partial charge in [0, 0.05) is 19.5 Å². The quantitative estimate of drug-likeness (QED) is 0.243. The lowest BCUT2D eigenvalue weighted by molar-refractivity contribution is -0.120. The van der Waals surface area contributed by atoms with Gasteiger partial charge in [-0.15, -0.1) is 0 Å². The zero-order chi connectivity index (χ0) is 24.5. The molecule has 6 heteroatoms. The number of aryl methyl sites for hydroxylation is 3. The van der Waals surface area contributed by atoms with E-state index < -0.39 is 0 Å². The zero-order valence-corrected chi connectivity index (χ0v) is 20.9. The number of unbranched alkanes of at least 4 members (excludes halogenated alkanes) is 1. The Hall–Kier alpha value is -3.31. The van der Waals surface area contributed by atoms with Crippen LogP contribution < -0.4 is 10.1 Å². The lowest BCUT2D eigenvalue weighted by Crippen LogP contribution is -2.26. The van der Waals surface area contributed by atoms with Gasteiger partial charge < -0.3 is 14.6 Å². The van der Waals surface area contributed by atoms with Crippen LogP contribution >= 0.6 is 11.6 Å². The van der Waals surface area contributed by atoms with Gasteiger partial charge in [-0.25, -0.2) is 4.98 Å². The molecule has 0 saturated carbocycles. The van der Waals surface area contributed by atoms with Gasteiger partial charge >= 0.3 is 0 Å². The molecule has 0 aliphatic rings. The normalized spacial score (nSPS) is 11.0. The summed E-state index contributed by atoms with van der Waals surface area (Å²) in [7, 11) is 0. The van der Waals surface area contributed by atoms with Crippen molar-refractivity contribution < 1.29 is 9.53 Å². The van der Waals surface area contributed by atoms with Crippen LogP contribution in [0, 0.1) is 6.92 Å². The molecule has 0 aliphatic carbocycles. The van der Waals surface area contributed by atoms with Crippen molar-refractivity contribution in [2.24, 2.45) is 0 Å². The SMILES string of the molecule is Cc1ccccc1CC(=O)NCCCc1nc2ccccc2n1CCCCOc1ccccc1Cl. The van der Waals surface area contributed by atoms with E-state index in [0.29, 0.717) is 24.6 Å². The number of nitrogens with one attached hydrogen (secondary N) is 1. The second-order valence-electron chi connectivity index (χ2n) is 8.71. The van der Waals surface area contributed by atoms with E-state index in [-0.39, 0.29) is 5.91 Å². The number of rotatable bonds is 12. The minimum absolute atomic E-state index is 0.0614. The molecule has 4 aromatic rings. The topological polar surface area (TPSA) is 56.2 Å². The molecule has 0 radical (unpaired) electrons. The van der Waals surface area contributed by atoms with Crippen molar-refractivity contribution >= 4 is 28.5 Å². The molecule has 4 rings (SSSR count). The monoisotopic (exact) mass is 489 g/mol. The van der Waals surface area contributed by atoms with Gasteiger partial charge in [0.15, 0.2) is 0 Å². The molecular weight excluding hydrogens is 458 g/mol. The largest absolute Gasteiger partial charge is 0.492 e. The molecule has 1 amide bonds. The molecular formula is C29H32ClN3O2. The summed E-state index contributed by atoms with van der Waals surface area (Å²) in [6.07, 6.45) is 3.98. The minimum atomic E-state index is 0.0614. The van der Waals surface area contributed by atoms with E-state index in [2.05, 4.69) is 28.1 Å². The summed E-state index contributed by atoms with van der Waals surface area (Å²) < 4.78 is 8.13. The minimum Gasteiger partial charge on any atom is -0.492 e. The van der Waals surface area contributed by atoms with Crippen molar-refractivity contribution in [3.8, 4) is 5.75 Å². The van der Waals surface area contributed by atoms with Crippen LogP contribution in [0.2, 0.25) is 5.02 Å². The first-order valence-corrected chi connectivity index (χ1v) is 12.6. The summed E-state index contributed by atoms with van der Waals surface area (Å²) >= 11 is 6.17. The highest BCUT2D eigenvalue weighted by Crippen LogP contribution is 2.23. The maximum absolute atomic E-state index is 12.4. The number of carbonyl (C=O) groups is 1. The summed E-state index contributed by atoms with van der Waals surface area (Å²) in [6.45, 7) is 4.18. The van der Waals surface area contributed by atoms with E-state index in [1.165, 1.54) is 0 Å². The maximum Gasteiger partial charge on any atom is 0.224 e. The van der Waals surface area contributed by atoms with Gasteiger partial charge in [0.25, 0.3) is 0 Å². The summed E-state index contributed by atoms with van der Waals surface area (Å²) in [5, 5.41) is 3.70. The molecule has 0 fully saturated rings. The van der Waals surface area contributed by atoms with E-state index in [1.54, 1.807) is 0 Å². The number of aromatic nitrogens is 2. The number of nitrogens with zero attached hydrogens (tertiary/aromatic N) is 2. The van der Waals surface area contributed by atoms with Crippen molar-refractivity contribution in [1.82, 2.24) is 14.9 Å². The van der Waals surface area contributed by atoms with Crippen LogP contribution in [-0.2, 0) is 24.2 Å². The van der Waals surface area contributed by atoms with Crippen molar-refractivity contribution in [2.45, 2.75) is 45.6 Å². The second-order valence-corrected chi connectivity index (χ2v) is 9.12. The van der Waals surface area contributed by atoms with Crippen molar-refractivity contribution in [2.75, 3.05) is 13.2 Å². The maximum atomic E-state index is 12.4. The highest BCUT2D eigenvalue weighted by molar-refractivity contribution is 6.32. The van der Waals surface area contributed by atoms with Crippen molar-refractivity contribution in [3.63, 3.8) is 0 Å². The average Bonchev–Trinajstić information content (AvgIpc) is 3.21.